The third-order valence-corrected chi connectivity index (χ3v) is 1.14. The number of ether oxygens (including phenoxy) is 1. The van der Waals surface area contributed by atoms with Gasteiger partial charge in [0.15, 0.2) is 0 Å². The van der Waals surface area contributed by atoms with E-state index in [1.54, 1.807) is 6.07 Å². The van der Waals surface area contributed by atoms with Crippen LogP contribution in [0.25, 0.3) is 0 Å². The van der Waals surface area contributed by atoms with E-state index in [-0.39, 0.29) is 29.6 Å². The maximum absolute atomic E-state index is 9.89. The third kappa shape index (κ3) is 3.13. The molecule has 0 radical (unpaired) electrons. The van der Waals surface area contributed by atoms with E-state index >= 15 is 0 Å². The van der Waals surface area contributed by atoms with E-state index in [9.17, 15) is 4.79 Å². The van der Waals surface area contributed by atoms with E-state index < -0.39 is 0 Å². The zero-order valence-electron chi connectivity index (χ0n) is 5.78. The van der Waals surface area contributed by atoms with Gasteiger partial charge in [-0.25, -0.2) is 0 Å². The topological polar surface area (TPSA) is 78.3 Å². The Morgan fingerprint density at radius 2 is 1.67 bits per heavy atom. The fourth-order valence-electron chi connectivity index (χ4n) is 0.770. The molecule has 0 bridgehead atoms. The predicted molar refractivity (Wildman–Crippen MR) is 49.1 cm³/mol. The monoisotopic (exact) mass is 176 g/mol. The summed E-state index contributed by atoms with van der Waals surface area (Å²) in [6.07, 6.45) is 0. The minimum absolute atomic E-state index is 0. The van der Waals surface area contributed by atoms with Crippen LogP contribution in [0.2, 0.25) is 0 Å². The molecule has 0 aliphatic rings. The third-order valence-electron chi connectivity index (χ3n) is 1.14. The summed E-state index contributed by atoms with van der Waals surface area (Å²) in [4.78, 5) is 9.89. The number of anilines is 2. The molecule has 60 valence electrons. The first-order valence-electron chi connectivity index (χ1n) is 2.98. The van der Waals surface area contributed by atoms with Crippen LogP contribution in [-0.2, 0) is 4.79 Å². The van der Waals surface area contributed by atoms with E-state index in [2.05, 4.69) is 4.74 Å². The molecule has 1 aromatic rings. The second kappa shape index (κ2) is 5.03. The van der Waals surface area contributed by atoms with E-state index in [0.29, 0.717) is 23.6 Å². The van der Waals surface area contributed by atoms with Crippen molar-refractivity contribution in [3.63, 3.8) is 0 Å². The Bertz CT molecular complexity index is 258. The van der Waals surface area contributed by atoms with Crippen LogP contribution in [0, 0.1) is 0 Å². The zero-order chi connectivity index (χ0) is 8.27. The number of nitrogens with two attached hydrogens (primary N) is 2. The van der Waals surface area contributed by atoms with E-state index in [1.165, 1.54) is 12.1 Å². The van der Waals surface area contributed by atoms with Crippen molar-refractivity contribution in [2.24, 2.45) is 0 Å². The average Bonchev–Trinajstić information content (AvgIpc) is 1.85. The molecular weight excluding hydrogens is 167 g/mol. The summed E-state index contributed by atoms with van der Waals surface area (Å²) in [5.74, 6) is 0.359. The summed E-state index contributed by atoms with van der Waals surface area (Å²) >= 11 is 0. The first-order chi connectivity index (χ1) is 5.22. The molecular formula is C7H9N2NaO2. The van der Waals surface area contributed by atoms with E-state index in [4.69, 9.17) is 11.5 Å². The van der Waals surface area contributed by atoms with Crippen LogP contribution in [0.1, 0.15) is 0 Å². The zero-order valence-corrected chi connectivity index (χ0v) is 5.78. The van der Waals surface area contributed by atoms with Gasteiger partial charge in [0.05, 0.1) is 0 Å². The summed E-state index contributed by atoms with van der Waals surface area (Å²) in [6, 6.07) is 4.62. The van der Waals surface area contributed by atoms with Gasteiger partial charge in [0, 0.05) is 23.5 Å². The van der Waals surface area contributed by atoms with Gasteiger partial charge in [-0.1, -0.05) is 0 Å². The van der Waals surface area contributed by atoms with Gasteiger partial charge in [-0.15, -0.1) is 0 Å². The van der Waals surface area contributed by atoms with Crippen molar-refractivity contribution in [1.82, 2.24) is 0 Å². The standard InChI is InChI=1S/C7H8N2O2.Na.H/c8-5-1-6(9)3-7(2-5)11-4-10;;/h1-4H,8-9H2;;. The van der Waals surface area contributed by atoms with Crippen molar-refractivity contribution in [3.05, 3.63) is 18.2 Å². The Morgan fingerprint density at radius 3 is 2.08 bits per heavy atom. The molecule has 4 nitrogen and oxygen atoms in total. The summed E-state index contributed by atoms with van der Waals surface area (Å²) in [7, 11) is 0. The molecule has 5 heteroatoms. The van der Waals surface area contributed by atoms with Crippen LogP contribution >= 0.6 is 0 Å². The van der Waals surface area contributed by atoms with Crippen molar-refractivity contribution in [1.29, 1.82) is 0 Å². The molecule has 0 aliphatic heterocycles. The Morgan fingerprint density at radius 1 is 1.17 bits per heavy atom. The number of benzene rings is 1. The Hall–Kier alpha value is -0.710. The van der Waals surface area contributed by atoms with Crippen molar-refractivity contribution >= 4 is 47.4 Å². The molecule has 0 amide bonds. The van der Waals surface area contributed by atoms with Crippen LogP contribution in [0.4, 0.5) is 11.4 Å². The van der Waals surface area contributed by atoms with Gasteiger partial charge in [-0.2, -0.15) is 0 Å². The second-order valence-corrected chi connectivity index (χ2v) is 2.05. The molecule has 0 spiro atoms. The summed E-state index contributed by atoms with van der Waals surface area (Å²) in [5.41, 5.74) is 11.8. The normalized spacial score (nSPS) is 8.33. The van der Waals surface area contributed by atoms with Crippen LogP contribution in [0.15, 0.2) is 18.2 Å². The van der Waals surface area contributed by atoms with Crippen LogP contribution < -0.4 is 16.2 Å². The quantitative estimate of drug-likeness (QED) is 0.369. The van der Waals surface area contributed by atoms with Crippen LogP contribution in [0.5, 0.6) is 5.75 Å². The second-order valence-electron chi connectivity index (χ2n) is 2.05. The molecule has 0 aliphatic carbocycles. The van der Waals surface area contributed by atoms with Gasteiger partial charge in [-0.3, -0.25) is 4.79 Å². The minimum atomic E-state index is 0. The Kier molecular flexibility index (Phi) is 4.73. The van der Waals surface area contributed by atoms with Crippen LogP contribution in [-0.4, -0.2) is 36.0 Å². The van der Waals surface area contributed by atoms with E-state index in [1.807, 2.05) is 0 Å². The SMILES string of the molecule is Nc1cc(N)cc(OC=O)c1.[NaH]. The molecule has 0 aromatic heterocycles. The fourth-order valence-corrected chi connectivity index (χ4v) is 0.770. The molecule has 4 N–H and O–H groups in total. The van der Waals surface area contributed by atoms with Gasteiger partial charge >= 0.3 is 29.6 Å². The van der Waals surface area contributed by atoms with Gasteiger partial charge in [0.2, 0.25) is 0 Å². The Balaban J connectivity index is 0.00000121. The molecule has 0 unspecified atom stereocenters. The van der Waals surface area contributed by atoms with Gasteiger partial charge in [0.1, 0.15) is 5.75 Å². The molecule has 0 atom stereocenters. The van der Waals surface area contributed by atoms with Gasteiger partial charge in [0.25, 0.3) is 6.47 Å². The molecule has 12 heavy (non-hydrogen) atoms. The van der Waals surface area contributed by atoms with Crippen LogP contribution in [0.3, 0.4) is 0 Å². The van der Waals surface area contributed by atoms with Gasteiger partial charge in [-0.05, 0) is 6.07 Å². The number of hydrogen-bond donors (Lipinski definition) is 2. The Labute approximate surface area is 92.2 Å². The van der Waals surface area contributed by atoms with Crippen molar-refractivity contribution in [2.75, 3.05) is 11.5 Å². The maximum atomic E-state index is 9.89. The average molecular weight is 176 g/mol. The molecule has 0 fully saturated rings. The molecule has 0 saturated heterocycles. The predicted octanol–water partition coefficient (Wildman–Crippen LogP) is -0.262. The summed E-state index contributed by atoms with van der Waals surface area (Å²) < 4.78 is 4.53. The first kappa shape index (κ1) is 11.3. The number of nitrogen functional groups attached to an aromatic ring is 2. The summed E-state index contributed by atoms with van der Waals surface area (Å²) in [5, 5.41) is 0. The number of rotatable bonds is 2. The number of carbonyl (C=O) groups is 1. The van der Waals surface area contributed by atoms with E-state index in [0.717, 1.165) is 0 Å². The van der Waals surface area contributed by atoms with Crippen molar-refractivity contribution in [3.8, 4) is 5.75 Å². The number of carbonyl (C=O) groups excluding carboxylic acids is 1. The number of hydrogen-bond acceptors (Lipinski definition) is 4. The molecule has 1 rings (SSSR count). The first-order valence-corrected chi connectivity index (χ1v) is 2.98. The summed E-state index contributed by atoms with van der Waals surface area (Å²) in [6.45, 7) is 0.328. The molecule has 1 aromatic carbocycles. The van der Waals surface area contributed by atoms with Crippen molar-refractivity contribution in [2.45, 2.75) is 0 Å². The van der Waals surface area contributed by atoms with Gasteiger partial charge < -0.3 is 16.2 Å². The molecule has 0 saturated carbocycles. The van der Waals surface area contributed by atoms with Crippen molar-refractivity contribution < 1.29 is 9.53 Å². The molecule has 0 heterocycles. The fraction of sp³-hybridized carbons (Fsp3) is 0.